The van der Waals surface area contributed by atoms with Gasteiger partial charge in [0.05, 0.1) is 0 Å². The quantitative estimate of drug-likeness (QED) is 0.875. The number of primary amides is 1. The standard InChI is InChI=1S/C13H16Cl2N2O2/c1-7(2)13(19)17-11(12(16)18)5-8-3-4-9(14)6-10(8)15/h3-4,6-7,11H,5H2,1-2H3,(H2,16,18)(H,17,19)/t11-/m0/s1. The summed E-state index contributed by atoms with van der Waals surface area (Å²) in [6.07, 6.45) is 0.240. The van der Waals surface area contributed by atoms with E-state index >= 15 is 0 Å². The van der Waals surface area contributed by atoms with Crippen molar-refractivity contribution in [3.8, 4) is 0 Å². The number of carbonyl (C=O) groups excluding carboxylic acids is 2. The van der Waals surface area contributed by atoms with Crippen molar-refractivity contribution in [3.63, 3.8) is 0 Å². The smallest absolute Gasteiger partial charge is 0.240 e. The minimum Gasteiger partial charge on any atom is -0.368 e. The lowest BCUT2D eigenvalue weighted by Crippen LogP contribution is -2.47. The van der Waals surface area contributed by atoms with Gasteiger partial charge < -0.3 is 11.1 Å². The minimum absolute atomic E-state index is 0.220. The Kier molecular flexibility index (Phi) is 5.63. The van der Waals surface area contributed by atoms with Gasteiger partial charge in [0.2, 0.25) is 11.8 Å². The molecule has 0 bridgehead atoms. The van der Waals surface area contributed by atoms with Gasteiger partial charge in [-0.05, 0) is 17.7 Å². The van der Waals surface area contributed by atoms with E-state index in [0.29, 0.717) is 15.6 Å². The van der Waals surface area contributed by atoms with Crippen LogP contribution in [-0.2, 0) is 16.0 Å². The van der Waals surface area contributed by atoms with Crippen molar-refractivity contribution < 1.29 is 9.59 Å². The fourth-order valence-corrected chi connectivity index (χ4v) is 1.95. The Hall–Kier alpha value is -1.26. The number of hydrogen-bond acceptors (Lipinski definition) is 2. The van der Waals surface area contributed by atoms with Crippen LogP contribution < -0.4 is 11.1 Å². The van der Waals surface area contributed by atoms with Gasteiger partial charge in [0, 0.05) is 22.4 Å². The molecule has 0 saturated carbocycles. The van der Waals surface area contributed by atoms with Gasteiger partial charge in [-0.1, -0.05) is 43.1 Å². The first-order valence-electron chi connectivity index (χ1n) is 5.85. The number of rotatable bonds is 5. The average molecular weight is 303 g/mol. The van der Waals surface area contributed by atoms with E-state index in [-0.39, 0.29) is 18.2 Å². The molecule has 0 aliphatic carbocycles. The maximum absolute atomic E-state index is 11.6. The first kappa shape index (κ1) is 15.8. The van der Waals surface area contributed by atoms with E-state index in [2.05, 4.69) is 5.32 Å². The van der Waals surface area contributed by atoms with Gasteiger partial charge >= 0.3 is 0 Å². The molecule has 0 heterocycles. The van der Waals surface area contributed by atoms with Gasteiger partial charge in [0.25, 0.3) is 0 Å². The monoisotopic (exact) mass is 302 g/mol. The molecule has 1 aromatic carbocycles. The second-order valence-electron chi connectivity index (χ2n) is 4.56. The van der Waals surface area contributed by atoms with Crippen molar-refractivity contribution in [2.45, 2.75) is 26.3 Å². The Bertz CT molecular complexity index is 490. The maximum atomic E-state index is 11.6. The van der Waals surface area contributed by atoms with Crippen molar-refractivity contribution in [3.05, 3.63) is 33.8 Å². The summed E-state index contributed by atoms with van der Waals surface area (Å²) < 4.78 is 0. The van der Waals surface area contributed by atoms with E-state index in [1.54, 1.807) is 32.0 Å². The second-order valence-corrected chi connectivity index (χ2v) is 5.40. The van der Waals surface area contributed by atoms with Crippen LogP contribution in [0.5, 0.6) is 0 Å². The molecule has 1 atom stereocenters. The molecule has 0 spiro atoms. The first-order chi connectivity index (χ1) is 8.81. The van der Waals surface area contributed by atoms with Crippen LogP contribution in [0.4, 0.5) is 0 Å². The van der Waals surface area contributed by atoms with Gasteiger partial charge in [0.15, 0.2) is 0 Å². The average Bonchev–Trinajstić information content (AvgIpc) is 2.30. The molecular weight excluding hydrogens is 287 g/mol. The zero-order chi connectivity index (χ0) is 14.6. The third-order valence-electron chi connectivity index (χ3n) is 2.62. The normalized spacial score (nSPS) is 12.3. The zero-order valence-corrected chi connectivity index (χ0v) is 12.3. The minimum atomic E-state index is -0.784. The molecule has 0 aliphatic rings. The summed E-state index contributed by atoms with van der Waals surface area (Å²) in [6, 6.07) is 4.18. The van der Waals surface area contributed by atoms with E-state index in [0.717, 1.165) is 0 Å². The predicted octanol–water partition coefficient (Wildman–Crippen LogP) is 2.16. The second kappa shape index (κ2) is 6.78. The third-order valence-corrected chi connectivity index (χ3v) is 3.21. The summed E-state index contributed by atoms with van der Waals surface area (Å²) in [5.41, 5.74) is 6.00. The number of carbonyl (C=O) groups is 2. The summed E-state index contributed by atoms with van der Waals surface area (Å²) >= 11 is 11.8. The molecule has 4 nitrogen and oxygen atoms in total. The van der Waals surface area contributed by atoms with Crippen molar-refractivity contribution in [1.29, 1.82) is 0 Å². The molecule has 104 valence electrons. The van der Waals surface area contributed by atoms with E-state index in [4.69, 9.17) is 28.9 Å². The van der Waals surface area contributed by atoms with Crippen molar-refractivity contribution >= 4 is 35.0 Å². The van der Waals surface area contributed by atoms with Crippen LogP contribution in [-0.4, -0.2) is 17.9 Å². The van der Waals surface area contributed by atoms with Crippen LogP contribution in [0.2, 0.25) is 10.0 Å². The topological polar surface area (TPSA) is 72.2 Å². The fraction of sp³-hybridized carbons (Fsp3) is 0.385. The van der Waals surface area contributed by atoms with Crippen molar-refractivity contribution in [1.82, 2.24) is 5.32 Å². The number of nitrogens with one attached hydrogen (secondary N) is 1. The molecule has 19 heavy (non-hydrogen) atoms. The van der Waals surface area contributed by atoms with E-state index in [1.165, 1.54) is 0 Å². The van der Waals surface area contributed by atoms with Gasteiger partial charge in [0.1, 0.15) is 6.04 Å². The highest BCUT2D eigenvalue weighted by molar-refractivity contribution is 6.35. The zero-order valence-electron chi connectivity index (χ0n) is 10.7. The Morgan fingerprint density at radius 1 is 1.32 bits per heavy atom. The van der Waals surface area contributed by atoms with Gasteiger partial charge in [-0.2, -0.15) is 0 Å². The van der Waals surface area contributed by atoms with Crippen LogP contribution in [0.3, 0.4) is 0 Å². The molecule has 0 saturated heterocycles. The fourth-order valence-electron chi connectivity index (χ4n) is 1.47. The Labute approximate surface area is 122 Å². The summed E-state index contributed by atoms with van der Waals surface area (Å²) in [5, 5.41) is 3.55. The molecule has 0 aromatic heterocycles. The van der Waals surface area contributed by atoms with Crippen LogP contribution in [0, 0.1) is 5.92 Å². The first-order valence-corrected chi connectivity index (χ1v) is 6.60. The van der Waals surface area contributed by atoms with Crippen molar-refractivity contribution in [2.24, 2.45) is 11.7 Å². The highest BCUT2D eigenvalue weighted by Crippen LogP contribution is 2.22. The number of hydrogen-bond donors (Lipinski definition) is 2. The molecule has 0 radical (unpaired) electrons. The van der Waals surface area contributed by atoms with E-state index in [1.807, 2.05) is 0 Å². The molecule has 1 rings (SSSR count). The van der Waals surface area contributed by atoms with E-state index < -0.39 is 11.9 Å². The molecule has 3 N–H and O–H groups in total. The number of amides is 2. The lowest BCUT2D eigenvalue weighted by molar-refractivity contribution is -0.129. The number of nitrogens with two attached hydrogens (primary N) is 1. The highest BCUT2D eigenvalue weighted by Gasteiger charge is 2.21. The molecule has 0 fully saturated rings. The van der Waals surface area contributed by atoms with Gasteiger partial charge in [-0.3, -0.25) is 9.59 Å². The molecule has 1 aromatic rings. The Balaban J connectivity index is 2.84. The summed E-state index contributed by atoms with van der Waals surface area (Å²) in [6.45, 7) is 3.48. The molecule has 6 heteroatoms. The van der Waals surface area contributed by atoms with Crippen molar-refractivity contribution in [2.75, 3.05) is 0 Å². The van der Waals surface area contributed by atoms with Crippen LogP contribution in [0.15, 0.2) is 18.2 Å². The summed E-state index contributed by atoms with van der Waals surface area (Å²) in [5.74, 6) is -1.04. The summed E-state index contributed by atoms with van der Waals surface area (Å²) in [7, 11) is 0. The Morgan fingerprint density at radius 3 is 2.42 bits per heavy atom. The third kappa shape index (κ3) is 4.73. The molecule has 0 unspecified atom stereocenters. The van der Waals surface area contributed by atoms with Crippen LogP contribution >= 0.6 is 23.2 Å². The lowest BCUT2D eigenvalue weighted by Gasteiger charge is -2.17. The molecule has 0 aliphatic heterocycles. The molecular formula is C13H16Cl2N2O2. The number of halogens is 2. The largest absolute Gasteiger partial charge is 0.368 e. The van der Waals surface area contributed by atoms with Gasteiger partial charge in [-0.25, -0.2) is 0 Å². The Morgan fingerprint density at radius 2 is 1.95 bits per heavy atom. The van der Waals surface area contributed by atoms with E-state index in [9.17, 15) is 9.59 Å². The SMILES string of the molecule is CC(C)C(=O)N[C@@H](Cc1ccc(Cl)cc1Cl)C(N)=O. The maximum Gasteiger partial charge on any atom is 0.240 e. The predicted molar refractivity (Wildman–Crippen MR) is 76.1 cm³/mol. The molecule has 2 amide bonds. The highest BCUT2D eigenvalue weighted by atomic mass is 35.5. The van der Waals surface area contributed by atoms with Gasteiger partial charge in [-0.15, -0.1) is 0 Å². The number of benzene rings is 1. The van der Waals surface area contributed by atoms with Crippen LogP contribution in [0.25, 0.3) is 0 Å². The lowest BCUT2D eigenvalue weighted by atomic mass is 10.0. The van der Waals surface area contributed by atoms with Crippen LogP contribution in [0.1, 0.15) is 19.4 Å². The summed E-state index contributed by atoms with van der Waals surface area (Å²) in [4.78, 5) is 23.0.